The Labute approximate surface area is 71.6 Å². The first-order chi connectivity index (χ1) is 5.11. The molecule has 0 spiro atoms. The normalized spacial score (nSPS) is 10.5. The number of hydrogen-bond donors (Lipinski definition) is 1. The Balaban J connectivity index is 3.13. The molecule has 0 unspecified atom stereocenters. The Morgan fingerprint density at radius 3 is 2.45 bits per heavy atom. The average Bonchev–Trinajstić information content (AvgIpc) is 1.94. The lowest BCUT2D eigenvalue weighted by molar-refractivity contribution is 0.474. The van der Waals surface area contributed by atoms with E-state index < -0.39 is 0 Å². The van der Waals surface area contributed by atoms with Crippen LogP contribution in [0.3, 0.4) is 0 Å². The Kier molecular flexibility index (Phi) is 2.40. The SMILES string of the molecule is CC(C)c1cc(O)ccc1Cl. The molecule has 1 rings (SSSR count). The summed E-state index contributed by atoms with van der Waals surface area (Å²) in [5, 5.41) is 9.85. The minimum atomic E-state index is 0.276. The molecule has 0 fully saturated rings. The van der Waals surface area contributed by atoms with Gasteiger partial charge in [0.05, 0.1) is 0 Å². The summed E-state index contributed by atoms with van der Waals surface area (Å²) in [6.07, 6.45) is 0. The molecule has 0 aliphatic rings. The highest BCUT2D eigenvalue weighted by Gasteiger charge is 2.04. The summed E-state index contributed by atoms with van der Waals surface area (Å²) in [6, 6.07) is 5.01. The highest BCUT2D eigenvalue weighted by Crippen LogP contribution is 2.27. The van der Waals surface area contributed by atoms with Gasteiger partial charge in [-0.1, -0.05) is 25.4 Å². The van der Waals surface area contributed by atoms with E-state index in [0.717, 1.165) is 10.6 Å². The first-order valence-corrected chi connectivity index (χ1v) is 3.97. The van der Waals surface area contributed by atoms with Crippen LogP contribution in [0.15, 0.2) is 18.2 Å². The quantitative estimate of drug-likeness (QED) is 0.687. The van der Waals surface area contributed by atoms with Crippen LogP contribution < -0.4 is 0 Å². The van der Waals surface area contributed by atoms with Crippen molar-refractivity contribution in [2.24, 2.45) is 0 Å². The van der Waals surface area contributed by atoms with E-state index in [1.54, 1.807) is 18.2 Å². The lowest BCUT2D eigenvalue weighted by Crippen LogP contribution is -1.87. The van der Waals surface area contributed by atoms with Gasteiger partial charge in [-0.2, -0.15) is 0 Å². The van der Waals surface area contributed by atoms with Crippen molar-refractivity contribution in [2.75, 3.05) is 0 Å². The fraction of sp³-hybridized carbons (Fsp3) is 0.333. The molecule has 0 saturated carbocycles. The second-order valence-corrected chi connectivity index (χ2v) is 3.27. The second-order valence-electron chi connectivity index (χ2n) is 2.86. The highest BCUT2D eigenvalue weighted by atomic mass is 35.5. The van der Waals surface area contributed by atoms with E-state index in [0.29, 0.717) is 5.92 Å². The minimum absolute atomic E-state index is 0.276. The molecule has 11 heavy (non-hydrogen) atoms. The number of phenols is 1. The van der Waals surface area contributed by atoms with E-state index in [4.69, 9.17) is 16.7 Å². The topological polar surface area (TPSA) is 20.2 Å². The summed E-state index contributed by atoms with van der Waals surface area (Å²) in [5.41, 5.74) is 0.992. The van der Waals surface area contributed by atoms with Crippen molar-refractivity contribution in [3.8, 4) is 5.75 Å². The summed E-state index contributed by atoms with van der Waals surface area (Å²) >= 11 is 5.88. The Morgan fingerprint density at radius 1 is 1.36 bits per heavy atom. The molecule has 0 bridgehead atoms. The minimum Gasteiger partial charge on any atom is -0.508 e. The van der Waals surface area contributed by atoms with Crippen LogP contribution in [0.5, 0.6) is 5.75 Å². The maximum absolute atomic E-state index is 9.13. The number of hydrogen-bond acceptors (Lipinski definition) is 1. The van der Waals surface area contributed by atoms with Crippen LogP contribution in [0.1, 0.15) is 25.3 Å². The van der Waals surface area contributed by atoms with Crippen molar-refractivity contribution < 1.29 is 5.11 Å². The third-order valence-corrected chi connectivity index (χ3v) is 1.95. The van der Waals surface area contributed by atoms with Gasteiger partial charge in [-0.3, -0.25) is 0 Å². The number of rotatable bonds is 1. The molecule has 1 N–H and O–H groups in total. The molecule has 0 radical (unpaired) electrons. The summed E-state index contributed by atoms with van der Waals surface area (Å²) in [4.78, 5) is 0. The zero-order chi connectivity index (χ0) is 8.43. The van der Waals surface area contributed by atoms with E-state index in [2.05, 4.69) is 0 Å². The highest BCUT2D eigenvalue weighted by molar-refractivity contribution is 6.31. The molecular formula is C9H11ClO. The number of halogens is 1. The van der Waals surface area contributed by atoms with E-state index in [1.807, 2.05) is 13.8 Å². The molecule has 0 heterocycles. The van der Waals surface area contributed by atoms with Gasteiger partial charge < -0.3 is 5.11 Å². The van der Waals surface area contributed by atoms with Gasteiger partial charge in [0.2, 0.25) is 0 Å². The zero-order valence-electron chi connectivity index (χ0n) is 6.63. The maximum Gasteiger partial charge on any atom is 0.115 e. The van der Waals surface area contributed by atoms with Crippen molar-refractivity contribution >= 4 is 11.6 Å². The molecule has 0 aromatic heterocycles. The van der Waals surface area contributed by atoms with Gasteiger partial charge >= 0.3 is 0 Å². The van der Waals surface area contributed by atoms with E-state index >= 15 is 0 Å². The lowest BCUT2D eigenvalue weighted by Gasteiger charge is -2.07. The van der Waals surface area contributed by atoms with Gasteiger partial charge in [0.25, 0.3) is 0 Å². The Morgan fingerprint density at radius 2 is 2.00 bits per heavy atom. The van der Waals surface area contributed by atoms with E-state index in [-0.39, 0.29) is 5.75 Å². The molecule has 0 saturated heterocycles. The average molecular weight is 171 g/mol. The van der Waals surface area contributed by atoms with Crippen LogP contribution >= 0.6 is 11.6 Å². The fourth-order valence-corrected chi connectivity index (χ4v) is 1.31. The van der Waals surface area contributed by atoms with Gasteiger partial charge in [0, 0.05) is 5.02 Å². The lowest BCUT2D eigenvalue weighted by atomic mass is 10.0. The summed E-state index contributed by atoms with van der Waals surface area (Å²) in [7, 11) is 0. The number of phenolic OH excluding ortho intramolecular Hbond substituents is 1. The van der Waals surface area contributed by atoms with Gasteiger partial charge in [-0.15, -0.1) is 0 Å². The predicted octanol–water partition coefficient (Wildman–Crippen LogP) is 3.17. The van der Waals surface area contributed by atoms with Gasteiger partial charge in [-0.25, -0.2) is 0 Å². The van der Waals surface area contributed by atoms with E-state index in [1.165, 1.54) is 0 Å². The monoisotopic (exact) mass is 170 g/mol. The molecule has 0 amide bonds. The van der Waals surface area contributed by atoms with Crippen LogP contribution in [0.4, 0.5) is 0 Å². The van der Waals surface area contributed by atoms with Crippen molar-refractivity contribution in [3.05, 3.63) is 28.8 Å². The van der Waals surface area contributed by atoms with E-state index in [9.17, 15) is 0 Å². The molecule has 60 valence electrons. The Hall–Kier alpha value is -0.690. The van der Waals surface area contributed by atoms with Crippen molar-refractivity contribution in [1.29, 1.82) is 0 Å². The molecule has 1 aromatic carbocycles. The zero-order valence-corrected chi connectivity index (χ0v) is 7.39. The maximum atomic E-state index is 9.13. The van der Waals surface area contributed by atoms with Crippen LogP contribution in [-0.4, -0.2) is 5.11 Å². The number of benzene rings is 1. The summed E-state index contributed by atoms with van der Waals surface area (Å²) < 4.78 is 0. The van der Waals surface area contributed by atoms with Crippen LogP contribution in [-0.2, 0) is 0 Å². The van der Waals surface area contributed by atoms with Crippen molar-refractivity contribution in [2.45, 2.75) is 19.8 Å². The van der Waals surface area contributed by atoms with Crippen LogP contribution in [0, 0.1) is 0 Å². The van der Waals surface area contributed by atoms with Gasteiger partial charge in [-0.05, 0) is 29.7 Å². The molecule has 1 aromatic rings. The van der Waals surface area contributed by atoms with Crippen LogP contribution in [0.2, 0.25) is 5.02 Å². The molecule has 0 atom stereocenters. The number of aromatic hydroxyl groups is 1. The van der Waals surface area contributed by atoms with Gasteiger partial charge in [0.1, 0.15) is 5.75 Å². The summed E-state index contributed by atoms with van der Waals surface area (Å²) in [6.45, 7) is 4.08. The van der Waals surface area contributed by atoms with Crippen molar-refractivity contribution in [3.63, 3.8) is 0 Å². The van der Waals surface area contributed by atoms with Crippen molar-refractivity contribution in [1.82, 2.24) is 0 Å². The second kappa shape index (κ2) is 3.14. The smallest absolute Gasteiger partial charge is 0.115 e. The molecule has 0 aliphatic heterocycles. The molecule has 0 aliphatic carbocycles. The summed E-state index contributed by atoms with van der Waals surface area (Å²) in [5.74, 6) is 0.632. The molecule has 2 heteroatoms. The predicted molar refractivity (Wildman–Crippen MR) is 47.2 cm³/mol. The third kappa shape index (κ3) is 1.87. The standard InChI is InChI=1S/C9H11ClO/c1-6(2)8-5-7(11)3-4-9(8)10/h3-6,11H,1-2H3. The van der Waals surface area contributed by atoms with Crippen LogP contribution in [0.25, 0.3) is 0 Å². The first kappa shape index (κ1) is 8.41. The fourth-order valence-electron chi connectivity index (χ4n) is 0.974. The first-order valence-electron chi connectivity index (χ1n) is 3.59. The third-order valence-electron chi connectivity index (χ3n) is 1.60. The molecule has 1 nitrogen and oxygen atoms in total. The van der Waals surface area contributed by atoms with Gasteiger partial charge in [0.15, 0.2) is 0 Å². The largest absolute Gasteiger partial charge is 0.508 e. The molecular weight excluding hydrogens is 160 g/mol. The Bertz CT molecular complexity index is 256.